The lowest BCUT2D eigenvalue weighted by Gasteiger charge is -2.24. The van der Waals surface area contributed by atoms with Gasteiger partial charge in [-0.1, -0.05) is 0 Å². The fourth-order valence-corrected chi connectivity index (χ4v) is 2.38. The normalized spacial score (nSPS) is 30.6. The Morgan fingerprint density at radius 3 is 2.65 bits per heavy atom. The van der Waals surface area contributed by atoms with E-state index in [-0.39, 0.29) is 10.6 Å². The Morgan fingerprint density at radius 2 is 2.15 bits per heavy atom. The average molecular weight is 311 g/mol. The predicted octanol–water partition coefficient (Wildman–Crippen LogP) is 0.624. The lowest BCUT2D eigenvalue weighted by atomic mass is 9.99. The number of nitrogen functional groups attached to an aromatic ring is 1. The van der Waals surface area contributed by atoms with Gasteiger partial charge in [0.1, 0.15) is 17.8 Å². The molecule has 1 unspecified atom stereocenters. The minimum atomic E-state index is -4.72. The maximum absolute atomic E-state index is 13.1. The van der Waals surface area contributed by atoms with Gasteiger partial charge < -0.3 is 20.7 Å². The van der Waals surface area contributed by atoms with Gasteiger partial charge in [0, 0.05) is 6.20 Å². The van der Waals surface area contributed by atoms with E-state index in [0.29, 0.717) is 0 Å². The molecule has 1 aromatic heterocycles. The van der Waals surface area contributed by atoms with Crippen molar-refractivity contribution in [2.75, 3.05) is 12.3 Å². The maximum Gasteiger partial charge on any atom is 0.398 e. The van der Waals surface area contributed by atoms with Crippen LogP contribution in [0.3, 0.4) is 0 Å². The van der Waals surface area contributed by atoms with Crippen molar-refractivity contribution in [3.05, 3.63) is 17.0 Å². The molecule has 0 bridgehead atoms. The van der Waals surface area contributed by atoms with Crippen molar-refractivity contribution >= 4 is 18.0 Å². The highest BCUT2D eigenvalue weighted by molar-refractivity contribution is 7.71. The second-order valence-corrected chi connectivity index (χ2v) is 4.71. The van der Waals surface area contributed by atoms with Gasteiger partial charge in [-0.15, -0.1) is 0 Å². The van der Waals surface area contributed by atoms with Gasteiger partial charge >= 0.3 is 6.18 Å². The summed E-state index contributed by atoms with van der Waals surface area (Å²) in [5.41, 5.74) is 5.38. The third-order valence-electron chi connectivity index (χ3n) is 3.05. The van der Waals surface area contributed by atoms with E-state index in [0.717, 1.165) is 4.57 Å². The van der Waals surface area contributed by atoms with Gasteiger partial charge in [0.05, 0.1) is 12.7 Å². The number of nitrogens with two attached hydrogens (primary N) is 1. The van der Waals surface area contributed by atoms with Crippen LogP contribution in [0.1, 0.15) is 6.23 Å². The van der Waals surface area contributed by atoms with Crippen LogP contribution >= 0.6 is 12.2 Å². The summed E-state index contributed by atoms with van der Waals surface area (Å²) in [6.45, 7) is -0.736. The summed E-state index contributed by atoms with van der Waals surface area (Å²) in [5, 5.41) is 18.6. The van der Waals surface area contributed by atoms with Crippen molar-refractivity contribution in [2.45, 2.75) is 24.6 Å². The third-order valence-corrected chi connectivity index (χ3v) is 3.36. The zero-order valence-corrected chi connectivity index (χ0v) is 10.8. The Morgan fingerprint density at radius 1 is 1.50 bits per heavy atom. The van der Waals surface area contributed by atoms with Crippen LogP contribution in [0.2, 0.25) is 0 Å². The molecule has 1 aromatic rings. The van der Waals surface area contributed by atoms with Crippen LogP contribution in [0.4, 0.5) is 19.0 Å². The molecule has 112 valence electrons. The number of nitrogens with zero attached hydrogens (tertiary/aromatic N) is 2. The Kier molecular flexibility index (Phi) is 4.00. The van der Waals surface area contributed by atoms with Gasteiger partial charge in [0.2, 0.25) is 4.77 Å². The quantitative estimate of drug-likeness (QED) is 0.694. The van der Waals surface area contributed by atoms with E-state index < -0.39 is 37.1 Å². The zero-order valence-electron chi connectivity index (χ0n) is 9.99. The number of alkyl halides is 3. The number of aliphatic hydroxyl groups excluding tert-OH is 2. The standard InChI is InChI=1S/C10H12F3N3O3S/c11-10(12,13)6-7(18)4(3-17)19-8(6)16-2-1-5(14)15-9(16)20/h1-2,4,6-8,17-18H,3H2,(H2,14,15,20)/t4-,6?,7+,8-/m1/s1. The SMILES string of the molecule is Nc1ccn([C@@H]2O[C@H](CO)[C@H](O)C2C(F)(F)F)c(=S)n1. The largest absolute Gasteiger partial charge is 0.398 e. The highest BCUT2D eigenvalue weighted by Gasteiger charge is 2.57. The molecule has 10 heteroatoms. The second kappa shape index (κ2) is 5.28. The molecular formula is C10H12F3N3O3S. The van der Waals surface area contributed by atoms with Crippen molar-refractivity contribution in [2.24, 2.45) is 5.92 Å². The van der Waals surface area contributed by atoms with Gasteiger partial charge in [0.25, 0.3) is 0 Å². The number of aromatic nitrogens is 2. The fourth-order valence-electron chi connectivity index (χ4n) is 2.11. The molecule has 0 radical (unpaired) electrons. The predicted molar refractivity (Wildman–Crippen MR) is 64.0 cm³/mol. The monoisotopic (exact) mass is 311 g/mol. The van der Waals surface area contributed by atoms with E-state index in [4.69, 9.17) is 27.8 Å². The van der Waals surface area contributed by atoms with Crippen LogP contribution in [0.25, 0.3) is 0 Å². The van der Waals surface area contributed by atoms with Crippen molar-refractivity contribution in [3.63, 3.8) is 0 Å². The van der Waals surface area contributed by atoms with Gasteiger partial charge in [-0.2, -0.15) is 13.2 Å². The summed E-state index contributed by atoms with van der Waals surface area (Å²) in [6.07, 6.45) is -8.33. The van der Waals surface area contributed by atoms with E-state index in [9.17, 15) is 18.3 Å². The van der Waals surface area contributed by atoms with Crippen molar-refractivity contribution < 1.29 is 28.1 Å². The van der Waals surface area contributed by atoms with Crippen LogP contribution < -0.4 is 5.73 Å². The molecular weight excluding hydrogens is 299 g/mol. The molecule has 1 aliphatic heterocycles. The molecule has 1 saturated heterocycles. The van der Waals surface area contributed by atoms with Crippen molar-refractivity contribution in [1.82, 2.24) is 9.55 Å². The Hall–Kier alpha value is -1.23. The number of anilines is 1. The first-order valence-electron chi connectivity index (χ1n) is 5.61. The van der Waals surface area contributed by atoms with Crippen LogP contribution in [-0.4, -0.2) is 44.8 Å². The molecule has 1 fully saturated rings. The highest BCUT2D eigenvalue weighted by Crippen LogP contribution is 2.44. The minimum Gasteiger partial charge on any atom is -0.394 e. The van der Waals surface area contributed by atoms with Crippen LogP contribution in [-0.2, 0) is 4.74 Å². The molecule has 4 N–H and O–H groups in total. The van der Waals surface area contributed by atoms with Gasteiger partial charge in [0.15, 0.2) is 6.23 Å². The molecule has 2 heterocycles. The van der Waals surface area contributed by atoms with Crippen LogP contribution in [0, 0.1) is 10.7 Å². The molecule has 0 aromatic carbocycles. The first-order chi connectivity index (χ1) is 9.25. The molecule has 20 heavy (non-hydrogen) atoms. The summed E-state index contributed by atoms with van der Waals surface area (Å²) < 4.78 is 45.0. The van der Waals surface area contributed by atoms with Crippen molar-refractivity contribution in [3.8, 4) is 0 Å². The first kappa shape index (κ1) is 15.2. The molecule has 4 atom stereocenters. The minimum absolute atomic E-state index is 0.0621. The molecule has 0 aliphatic carbocycles. The number of rotatable bonds is 2. The summed E-state index contributed by atoms with van der Waals surface area (Å²) in [6, 6.07) is 1.27. The topological polar surface area (TPSA) is 93.5 Å². The highest BCUT2D eigenvalue weighted by atomic mass is 32.1. The molecule has 6 nitrogen and oxygen atoms in total. The fraction of sp³-hybridized carbons (Fsp3) is 0.600. The number of ether oxygens (including phenoxy) is 1. The lowest BCUT2D eigenvalue weighted by molar-refractivity contribution is -0.211. The third kappa shape index (κ3) is 2.64. The molecule has 0 amide bonds. The van der Waals surface area contributed by atoms with E-state index in [2.05, 4.69) is 4.98 Å². The molecule has 0 saturated carbocycles. The summed E-state index contributed by atoms with van der Waals surface area (Å²) >= 11 is 4.85. The van der Waals surface area contributed by atoms with E-state index in [1.54, 1.807) is 0 Å². The van der Waals surface area contributed by atoms with Crippen molar-refractivity contribution in [1.29, 1.82) is 0 Å². The number of hydrogen-bond acceptors (Lipinski definition) is 6. The Labute approximate surface area is 116 Å². The average Bonchev–Trinajstić information content (AvgIpc) is 2.65. The van der Waals surface area contributed by atoms with Gasteiger partial charge in [-0.25, -0.2) is 4.98 Å². The summed E-state index contributed by atoms with van der Waals surface area (Å²) in [5.74, 6) is -2.15. The molecule has 0 spiro atoms. The number of halogens is 3. The van der Waals surface area contributed by atoms with E-state index in [1.165, 1.54) is 12.3 Å². The smallest absolute Gasteiger partial charge is 0.394 e. The lowest BCUT2D eigenvalue weighted by Crippen LogP contribution is -2.38. The summed E-state index contributed by atoms with van der Waals surface area (Å²) in [7, 11) is 0. The first-order valence-corrected chi connectivity index (χ1v) is 6.02. The zero-order chi connectivity index (χ0) is 15.1. The summed E-state index contributed by atoms with van der Waals surface area (Å²) in [4.78, 5) is 3.67. The van der Waals surface area contributed by atoms with Crippen LogP contribution in [0.5, 0.6) is 0 Å². The number of aliphatic hydroxyl groups is 2. The second-order valence-electron chi connectivity index (χ2n) is 4.35. The van der Waals surface area contributed by atoms with E-state index >= 15 is 0 Å². The van der Waals surface area contributed by atoms with E-state index in [1.807, 2.05) is 0 Å². The Bertz CT molecular complexity index is 551. The Balaban J connectivity index is 2.45. The maximum atomic E-state index is 13.1. The molecule has 1 aliphatic rings. The number of hydrogen-bond donors (Lipinski definition) is 3. The van der Waals surface area contributed by atoms with Crippen LogP contribution in [0.15, 0.2) is 12.3 Å². The van der Waals surface area contributed by atoms with Gasteiger partial charge in [-0.3, -0.25) is 4.57 Å². The molecule has 2 rings (SSSR count). The van der Waals surface area contributed by atoms with Gasteiger partial charge in [-0.05, 0) is 18.3 Å².